The zero-order valence-corrected chi connectivity index (χ0v) is 15.5. The molecule has 4 rings (SSSR count). The van der Waals surface area contributed by atoms with Crippen molar-refractivity contribution in [2.24, 2.45) is 0 Å². The number of nitrogens with zero attached hydrogens (tertiary/aromatic N) is 3. The van der Waals surface area contributed by atoms with Crippen LogP contribution in [0.25, 0.3) is 11.4 Å². The molecular formula is C21H23N5O2. The van der Waals surface area contributed by atoms with Gasteiger partial charge in [0.2, 0.25) is 11.9 Å². The Morgan fingerprint density at radius 1 is 1.21 bits per heavy atom. The van der Waals surface area contributed by atoms with Crippen LogP contribution in [0.1, 0.15) is 17.5 Å². The number of benzene rings is 1. The fourth-order valence-electron chi connectivity index (χ4n) is 3.43. The van der Waals surface area contributed by atoms with Gasteiger partial charge >= 0.3 is 0 Å². The number of anilines is 1. The van der Waals surface area contributed by atoms with Gasteiger partial charge < -0.3 is 20.3 Å². The average molecular weight is 377 g/mol. The summed E-state index contributed by atoms with van der Waals surface area (Å²) in [4.78, 5) is 26.7. The summed E-state index contributed by atoms with van der Waals surface area (Å²) < 4.78 is 0. The van der Waals surface area contributed by atoms with Crippen LogP contribution in [0.4, 0.5) is 5.95 Å². The SMILES string of the molecule is O=C(Cc1ccc(CO)cc1)NC1CCN(c2nccc(-c3ccc[nH]3)n2)C1. The van der Waals surface area contributed by atoms with Crippen molar-refractivity contribution in [1.29, 1.82) is 0 Å². The third-order valence-corrected chi connectivity index (χ3v) is 4.92. The van der Waals surface area contributed by atoms with Crippen LogP contribution in [0, 0.1) is 0 Å². The standard InChI is InChI=1S/C21H23N5O2/c27-14-16-5-3-15(4-6-16)12-20(28)24-17-8-11-26(13-17)21-23-10-7-19(25-21)18-2-1-9-22-18/h1-7,9-10,17,22,27H,8,11-14H2,(H,24,28). The molecule has 1 unspecified atom stereocenters. The van der Waals surface area contributed by atoms with Crippen LogP contribution < -0.4 is 10.2 Å². The monoisotopic (exact) mass is 377 g/mol. The van der Waals surface area contributed by atoms with Gasteiger partial charge in [-0.25, -0.2) is 9.97 Å². The molecule has 3 aromatic rings. The first-order chi connectivity index (χ1) is 13.7. The van der Waals surface area contributed by atoms with Gasteiger partial charge in [-0.05, 0) is 35.7 Å². The van der Waals surface area contributed by atoms with Gasteiger partial charge in [0, 0.05) is 31.5 Å². The number of aromatic nitrogens is 3. The largest absolute Gasteiger partial charge is 0.392 e. The second-order valence-corrected chi connectivity index (χ2v) is 6.98. The highest BCUT2D eigenvalue weighted by Crippen LogP contribution is 2.20. The highest BCUT2D eigenvalue weighted by Gasteiger charge is 2.25. The molecule has 7 nitrogen and oxygen atoms in total. The average Bonchev–Trinajstić information content (AvgIpc) is 3.41. The lowest BCUT2D eigenvalue weighted by Crippen LogP contribution is -2.38. The number of aliphatic hydroxyl groups is 1. The third-order valence-electron chi connectivity index (χ3n) is 4.92. The maximum absolute atomic E-state index is 12.4. The van der Waals surface area contributed by atoms with E-state index < -0.39 is 0 Å². The fraction of sp³-hybridized carbons (Fsp3) is 0.286. The zero-order valence-electron chi connectivity index (χ0n) is 15.5. The van der Waals surface area contributed by atoms with E-state index in [0.717, 1.165) is 35.5 Å². The van der Waals surface area contributed by atoms with E-state index in [-0.39, 0.29) is 18.6 Å². The number of hydrogen-bond donors (Lipinski definition) is 3. The highest BCUT2D eigenvalue weighted by molar-refractivity contribution is 5.79. The molecule has 28 heavy (non-hydrogen) atoms. The smallest absolute Gasteiger partial charge is 0.225 e. The van der Waals surface area contributed by atoms with Gasteiger partial charge in [0.15, 0.2) is 0 Å². The van der Waals surface area contributed by atoms with Crippen molar-refractivity contribution in [3.63, 3.8) is 0 Å². The normalized spacial score (nSPS) is 16.3. The van der Waals surface area contributed by atoms with Gasteiger partial charge in [-0.15, -0.1) is 0 Å². The maximum Gasteiger partial charge on any atom is 0.225 e. The minimum absolute atomic E-state index is 0.00431. The van der Waals surface area contributed by atoms with Crippen LogP contribution in [-0.2, 0) is 17.8 Å². The Hall–Kier alpha value is -3.19. The van der Waals surface area contributed by atoms with E-state index in [9.17, 15) is 4.79 Å². The van der Waals surface area contributed by atoms with Gasteiger partial charge in [-0.2, -0.15) is 0 Å². The van der Waals surface area contributed by atoms with Crippen molar-refractivity contribution >= 4 is 11.9 Å². The lowest BCUT2D eigenvalue weighted by atomic mass is 10.1. The molecule has 0 spiro atoms. The van der Waals surface area contributed by atoms with Crippen LogP contribution in [0.3, 0.4) is 0 Å². The number of rotatable bonds is 6. The lowest BCUT2D eigenvalue weighted by Gasteiger charge is -2.17. The molecule has 0 bridgehead atoms. The number of aromatic amines is 1. The molecule has 1 aliphatic rings. The van der Waals surface area contributed by atoms with E-state index in [1.807, 2.05) is 48.7 Å². The Labute approximate surface area is 163 Å². The van der Waals surface area contributed by atoms with Crippen molar-refractivity contribution in [3.05, 3.63) is 66.0 Å². The number of carbonyl (C=O) groups excluding carboxylic acids is 1. The molecule has 0 saturated carbocycles. The molecule has 144 valence electrons. The molecule has 0 aliphatic carbocycles. The van der Waals surface area contributed by atoms with Crippen LogP contribution in [0.15, 0.2) is 54.9 Å². The summed E-state index contributed by atoms with van der Waals surface area (Å²) in [5.74, 6) is 0.688. The zero-order chi connectivity index (χ0) is 19.3. The summed E-state index contributed by atoms with van der Waals surface area (Å²) in [7, 11) is 0. The first-order valence-electron chi connectivity index (χ1n) is 9.41. The number of amides is 1. The second kappa shape index (κ2) is 8.22. The molecule has 1 fully saturated rings. The van der Waals surface area contributed by atoms with Crippen LogP contribution in [0.5, 0.6) is 0 Å². The summed E-state index contributed by atoms with van der Waals surface area (Å²) in [5, 5.41) is 12.2. The first-order valence-corrected chi connectivity index (χ1v) is 9.41. The van der Waals surface area contributed by atoms with E-state index in [1.165, 1.54) is 0 Å². The van der Waals surface area contributed by atoms with Crippen molar-refractivity contribution in [2.75, 3.05) is 18.0 Å². The summed E-state index contributed by atoms with van der Waals surface area (Å²) in [6.07, 6.45) is 4.84. The second-order valence-electron chi connectivity index (χ2n) is 6.98. The molecule has 1 saturated heterocycles. The van der Waals surface area contributed by atoms with E-state index in [2.05, 4.69) is 25.2 Å². The molecule has 1 atom stereocenters. The molecule has 2 aromatic heterocycles. The maximum atomic E-state index is 12.4. The predicted molar refractivity (Wildman–Crippen MR) is 107 cm³/mol. The molecule has 1 aliphatic heterocycles. The van der Waals surface area contributed by atoms with Crippen molar-refractivity contribution in [3.8, 4) is 11.4 Å². The Balaban J connectivity index is 1.34. The molecule has 1 amide bonds. The van der Waals surface area contributed by atoms with Crippen LogP contribution in [-0.4, -0.2) is 45.1 Å². The predicted octanol–water partition coefficient (Wildman–Crippen LogP) is 1.90. The number of nitrogens with one attached hydrogen (secondary N) is 2. The number of hydrogen-bond acceptors (Lipinski definition) is 5. The molecule has 3 heterocycles. The highest BCUT2D eigenvalue weighted by atomic mass is 16.3. The van der Waals surface area contributed by atoms with Crippen LogP contribution in [0.2, 0.25) is 0 Å². The molecular weight excluding hydrogens is 354 g/mol. The van der Waals surface area contributed by atoms with Crippen molar-refractivity contribution < 1.29 is 9.90 Å². The quantitative estimate of drug-likeness (QED) is 0.610. The van der Waals surface area contributed by atoms with Gasteiger partial charge in [-0.3, -0.25) is 4.79 Å². The van der Waals surface area contributed by atoms with E-state index >= 15 is 0 Å². The molecule has 7 heteroatoms. The summed E-state index contributed by atoms with van der Waals surface area (Å²) >= 11 is 0. The Bertz CT molecular complexity index is 924. The van der Waals surface area contributed by atoms with Gasteiger partial charge in [0.1, 0.15) is 0 Å². The minimum Gasteiger partial charge on any atom is -0.392 e. The van der Waals surface area contributed by atoms with Gasteiger partial charge in [0.05, 0.1) is 24.4 Å². The summed E-state index contributed by atoms with van der Waals surface area (Å²) in [6, 6.07) is 13.3. The third kappa shape index (κ3) is 4.20. The Morgan fingerprint density at radius 2 is 2.04 bits per heavy atom. The van der Waals surface area contributed by atoms with E-state index in [0.29, 0.717) is 18.9 Å². The first kappa shape index (κ1) is 18.2. The fourth-order valence-corrected chi connectivity index (χ4v) is 3.43. The number of carbonyl (C=O) groups is 1. The molecule has 0 radical (unpaired) electrons. The molecule has 3 N–H and O–H groups in total. The van der Waals surface area contributed by atoms with Gasteiger partial charge in [0.25, 0.3) is 0 Å². The van der Waals surface area contributed by atoms with Gasteiger partial charge in [-0.1, -0.05) is 24.3 Å². The van der Waals surface area contributed by atoms with E-state index in [4.69, 9.17) is 5.11 Å². The lowest BCUT2D eigenvalue weighted by molar-refractivity contribution is -0.121. The molecule has 1 aromatic carbocycles. The summed E-state index contributed by atoms with van der Waals surface area (Å²) in [5.41, 5.74) is 3.59. The van der Waals surface area contributed by atoms with E-state index in [1.54, 1.807) is 6.20 Å². The number of aliphatic hydroxyl groups excluding tert-OH is 1. The Morgan fingerprint density at radius 3 is 2.79 bits per heavy atom. The van der Waals surface area contributed by atoms with Crippen molar-refractivity contribution in [1.82, 2.24) is 20.3 Å². The number of H-pyrrole nitrogens is 1. The van der Waals surface area contributed by atoms with Crippen molar-refractivity contribution in [2.45, 2.75) is 25.5 Å². The summed E-state index contributed by atoms with van der Waals surface area (Å²) in [6.45, 7) is 1.52. The minimum atomic E-state index is 0.00431. The Kier molecular flexibility index (Phi) is 5.34. The van der Waals surface area contributed by atoms with Crippen LogP contribution >= 0.6 is 0 Å². The topological polar surface area (TPSA) is 94.1 Å².